The van der Waals surface area contributed by atoms with Crippen molar-refractivity contribution in [3.05, 3.63) is 71.2 Å². The first kappa shape index (κ1) is 42.6. The molecule has 0 bridgehead atoms. The Hall–Kier alpha value is -6.12. The maximum absolute atomic E-state index is 13.3. The molecule has 62 heavy (non-hydrogen) atoms. The molecular formula is C45H52N8O9. The van der Waals surface area contributed by atoms with Crippen molar-refractivity contribution in [2.75, 3.05) is 51.9 Å². The molecule has 0 radical (unpaired) electrons. The van der Waals surface area contributed by atoms with Crippen LogP contribution < -0.4 is 29.7 Å². The lowest BCUT2D eigenvalue weighted by Crippen LogP contribution is -2.54. The summed E-state index contributed by atoms with van der Waals surface area (Å²) in [4.78, 5) is 78.3. The molecule has 3 aromatic rings. The summed E-state index contributed by atoms with van der Waals surface area (Å²) in [5.74, 6) is 0.509. The number of methoxy groups -OCH3 is 2. The van der Waals surface area contributed by atoms with Crippen LogP contribution in [0.4, 0.5) is 5.82 Å². The second kappa shape index (κ2) is 18.9. The second-order valence-corrected chi connectivity index (χ2v) is 16.7. The highest BCUT2D eigenvalue weighted by atomic mass is 16.5. The number of benzene rings is 2. The van der Waals surface area contributed by atoms with Crippen LogP contribution in [-0.4, -0.2) is 127 Å². The quantitative estimate of drug-likeness (QED) is 0.210. The summed E-state index contributed by atoms with van der Waals surface area (Å²) >= 11 is 0. The first-order chi connectivity index (χ1) is 30.1. The van der Waals surface area contributed by atoms with E-state index in [-0.39, 0.29) is 48.1 Å². The van der Waals surface area contributed by atoms with Gasteiger partial charge in [0.1, 0.15) is 47.0 Å². The first-order valence-corrected chi connectivity index (χ1v) is 21.5. The molecule has 2 aromatic carbocycles. The van der Waals surface area contributed by atoms with Crippen LogP contribution in [-0.2, 0) is 14.3 Å². The summed E-state index contributed by atoms with van der Waals surface area (Å²) in [5.41, 5.74) is 1.18. The molecule has 5 aliphatic rings. The van der Waals surface area contributed by atoms with E-state index >= 15 is 0 Å². The largest absolute Gasteiger partial charge is 0.495 e. The molecule has 17 heteroatoms. The highest BCUT2D eigenvalue weighted by molar-refractivity contribution is 6.23. The number of amides is 5. The number of ether oxygens (including phenoxy) is 4. The number of imide groups is 2. The third-order valence-electron chi connectivity index (χ3n) is 12.8. The highest BCUT2D eigenvalue weighted by Gasteiger charge is 2.45. The fourth-order valence-corrected chi connectivity index (χ4v) is 9.17. The van der Waals surface area contributed by atoms with E-state index in [1.54, 1.807) is 55.9 Å². The Morgan fingerprint density at radius 3 is 2.31 bits per heavy atom. The minimum atomic E-state index is -1.01. The van der Waals surface area contributed by atoms with Crippen LogP contribution in [0.15, 0.2) is 48.8 Å². The zero-order valence-electron chi connectivity index (χ0n) is 35.0. The predicted molar refractivity (Wildman–Crippen MR) is 223 cm³/mol. The van der Waals surface area contributed by atoms with Gasteiger partial charge in [0.2, 0.25) is 11.8 Å². The number of nitrogens with zero attached hydrogens (tertiary/aromatic N) is 6. The molecule has 3 aliphatic heterocycles. The Labute approximate surface area is 360 Å². The van der Waals surface area contributed by atoms with Crippen LogP contribution >= 0.6 is 0 Å². The van der Waals surface area contributed by atoms with Crippen LogP contribution in [0, 0.1) is 17.2 Å². The molecule has 2 saturated heterocycles. The molecule has 17 nitrogen and oxygen atoms in total. The Bertz CT molecular complexity index is 2210. The Morgan fingerprint density at radius 1 is 0.887 bits per heavy atom. The van der Waals surface area contributed by atoms with Crippen LogP contribution in [0.3, 0.4) is 0 Å². The normalized spacial score (nSPS) is 23.9. The van der Waals surface area contributed by atoms with Crippen molar-refractivity contribution in [2.45, 2.75) is 94.5 Å². The summed E-state index contributed by atoms with van der Waals surface area (Å²) in [6.45, 7) is 4.02. The van der Waals surface area contributed by atoms with Crippen LogP contribution in [0.1, 0.15) is 101 Å². The lowest BCUT2D eigenvalue weighted by atomic mass is 9.86. The van der Waals surface area contributed by atoms with Crippen LogP contribution in [0.5, 0.6) is 17.2 Å². The molecule has 2 N–H and O–H groups in total. The molecule has 4 fully saturated rings. The molecule has 2 saturated carbocycles. The number of hydrogen-bond acceptors (Lipinski definition) is 14. The fourth-order valence-electron chi connectivity index (χ4n) is 9.17. The standard InChI is InChI=1S/C45H52N8O9/c1-59-18-17-52(30-19-34(20-30)62-32-9-10-35-36(21-32)45(58)53(44(35)57)38-11-12-41(54)50-43(38)56)26-27-13-15-51(16-14-27)40-25-47-37(24-48-40)42(55)49-29-4-7-31(8-5-29)61-33-6-3-28(23-46)39(22-33)60-2/h3,6,9-10,21-22,24-25,27,29-31,34,38H,4-5,7-8,11-20,26H2,1-2H3,(H,49,55)(H,50,54,56)/t29?,30?,31?,34?,38-/m1/s1. The Balaban J connectivity index is 0.766. The van der Waals surface area contributed by atoms with Gasteiger partial charge in [-0.05, 0) is 81.2 Å². The van der Waals surface area contributed by atoms with E-state index in [1.807, 2.05) is 0 Å². The van der Waals surface area contributed by atoms with Crippen LogP contribution in [0.2, 0.25) is 0 Å². The molecule has 8 rings (SSSR count). The molecule has 0 unspecified atom stereocenters. The van der Waals surface area contributed by atoms with Gasteiger partial charge in [-0.1, -0.05) is 0 Å². The Kier molecular flexibility index (Phi) is 13.0. The predicted octanol–water partition coefficient (Wildman–Crippen LogP) is 3.65. The van der Waals surface area contributed by atoms with Crippen molar-refractivity contribution in [2.24, 2.45) is 5.92 Å². The minimum Gasteiger partial charge on any atom is -0.495 e. The highest BCUT2D eigenvalue weighted by Crippen LogP contribution is 2.35. The fraction of sp³-hybridized carbons (Fsp3) is 0.511. The maximum Gasteiger partial charge on any atom is 0.271 e. The molecule has 1 aromatic heterocycles. The van der Waals surface area contributed by atoms with Crippen molar-refractivity contribution >= 4 is 35.4 Å². The lowest BCUT2D eigenvalue weighted by molar-refractivity contribution is -0.136. The summed E-state index contributed by atoms with van der Waals surface area (Å²) in [6, 6.07) is 11.5. The summed E-state index contributed by atoms with van der Waals surface area (Å²) in [5, 5.41) is 14.6. The third kappa shape index (κ3) is 9.36. The molecule has 326 valence electrons. The number of rotatable bonds is 15. The van der Waals surface area contributed by atoms with E-state index in [0.717, 1.165) is 88.3 Å². The number of piperidine rings is 2. The third-order valence-corrected chi connectivity index (χ3v) is 12.8. The molecular weight excluding hydrogens is 797 g/mol. The van der Waals surface area contributed by atoms with E-state index in [2.05, 4.69) is 36.5 Å². The smallest absolute Gasteiger partial charge is 0.271 e. The first-order valence-electron chi connectivity index (χ1n) is 21.5. The van der Waals surface area contributed by atoms with Crippen molar-refractivity contribution in [1.29, 1.82) is 5.26 Å². The zero-order chi connectivity index (χ0) is 43.3. The monoisotopic (exact) mass is 848 g/mol. The van der Waals surface area contributed by atoms with E-state index in [9.17, 15) is 29.2 Å². The van der Waals surface area contributed by atoms with Gasteiger partial charge in [0.05, 0.1) is 48.9 Å². The SMILES string of the molecule is COCCN(CC1CCN(c2cnc(C(=O)NC3CCC(Oc4ccc(C#N)c(OC)c4)CC3)cn2)CC1)C1CC(Oc2ccc3c(c2)C(=O)N([C@@H]2CCC(=O)NC2=O)C3=O)C1. The number of fused-ring (bicyclic) bond motifs is 1. The van der Waals surface area contributed by atoms with Crippen LogP contribution in [0.25, 0.3) is 0 Å². The van der Waals surface area contributed by atoms with Gasteiger partial charge < -0.3 is 29.2 Å². The molecule has 2 aliphatic carbocycles. The average molecular weight is 849 g/mol. The van der Waals surface area contributed by atoms with Crippen molar-refractivity contribution in [3.63, 3.8) is 0 Å². The van der Waals surface area contributed by atoms with E-state index in [4.69, 9.17) is 18.9 Å². The summed E-state index contributed by atoms with van der Waals surface area (Å²) in [7, 11) is 3.24. The number of aromatic nitrogens is 2. The van der Waals surface area contributed by atoms with Gasteiger partial charge in [0.25, 0.3) is 17.7 Å². The summed E-state index contributed by atoms with van der Waals surface area (Å²) in [6.07, 6.45) is 10.1. The van der Waals surface area contributed by atoms with Gasteiger partial charge in [0.15, 0.2) is 0 Å². The molecule has 5 amide bonds. The number of hydrogen-bond donors (Lipinski definition) is 2. The number of carbonyl (C=O) groups excluding carboxylic acids is 5. The Morgan fingerprint density at radius 2 is 1.61 bits per heavy atom. The topological polar surface area (TPSA) is 206 Å². The maximum atomic E-state index is 13.3. The van der Waals surface area contributed by atoms with Crippen molar-refractivity contribution in [3.8, 4) is 23.3 Å². The number of carbonyl (C=O) groups is 5. The molecule has 4 heterocycles. The lowest BCUT2D eigenvalue weighted by Gasteiger charge is -2.45. The number of nitriles is 1. The van der Waals surface area contributed by atoms with Gasteiger partial charge in [0, 0.05) is 70.7 Å². The van der Waals surface area contributed by atoms with Crippen molar-refractivity contribution in [1.82, 2.24) is 30.4 Å². The average Bonchev–Trinajstić information content (AvgIpc) is 3.52. The van der Waals surface area contributed by atoms with Gasteiger partial charge in [-0.3, -0.25) is 39.1 Å². The zero-order valence-corrected chi connectivity index (χ0v) is 35.0. The van der Waals surface area contributed by atoms with E-state index in [1.165, 1.54) is 7.11 Å². The van der Waals surface area contributed by atoms with Crippen molar-refractivity contribution < 1.29 is 42.9 Å². The number of nitrogens with one attached hydrogen (secondary N) is 2. The molecule has 0 spiro atoms. The number of anilines is 1. The van der Waals surface area contributed by atoms with Gasteiger partial charge in [-0.2, -0.15) is 5.26 Å². The minimum absolute atomic E-state index is 0.0139. The van der Waals surface area contributed by atoms with Gasteiger partial charge >= 0.3 is 0 Å². The van der Waals surface area contributed by atoms with E-state index < -0.39 is 29.7 Å². The molecule has 1 atom stereocenters. The van der Waals surface area contributed by atoms with Gasteiger partial charge in [-0.25, -0.2) is 9.97 Å². The summed E-state index contributed by atoms with van der Waals surface area (Å²) < 4.78 is 23.2. The van der Waals surface area contributed by atoms with Gasteiger partial charge in [-0.15, -0.1) is 0 Å². The second-order valence-electron chi connectivity index (χ2n) is 16.7. The van der Waals surface area contributed by atoms with E-state index in [0.29, 0.717) is 47.1 Å².